The minimum atomic E-state index is 0.259. The van der Waals surface area contributed by atoms with Crippen LogP contribution < -0.4 is 5.32 Å². The molecule has 3 heteroatoms. The molecule has 102 valence electrons. The van der Waals surface area contributed by atoms with Gasteiger partial charge in [-0.05, 0) is 38.8 Å². The van der Waals surface area contributed by atoms with Crippen molar-refractivity contribution in [3.05, 3.63) is 21.4 Å². The summed E-state index contributed by atoms with van der Waals surface area (Å²) in [7, 11) is 0. The predicted octanol–water partition coefficient (Wildman–Crippen LogP) is 3.66. The molecule has 0 spiro atoms. The molecule has 1 N–H and O–H groups in total. The van der Waals surface area contributed by atoms with Crippen molar-refractivity contribution in [2.24, 2.45) is 5.41 Å². The summed E-state index contributed by atoms with van der Waals surface area (Å²) < 4.78 is 5.77. The van der Waals surface area contributed by atoms with Gasteiger partial charge in [-0.2, -0.15) is 0 Å². The van der Waals surface area contributed by atoms with E-state index in [1.807, 2.05) is 11.3 Å². The highest BCUT2D eigenvalue weighted by Crippen LogP contribution is 2.42. The van der Waals surface area contributed by atoms with Crippen LogP contribution in [0.1, 0.15) is 42.5 Å². The Morgan fingerprint density at radius 3 is 2.67 bits per heavy atom. The zero-order valence-electron chi connectivity index (χ0n) is 12.2. The van der Waals surface area contributed by atoms with Crippen LogP contribution in [0.3, 0.4) is 0 Å². The van der Waals surface area contributed by atoms with Gasteiger partial charge in [0.1, 0.15) is 0 Å². The maximum absolute atomic E-state index is 5.77. The van der Waals surface area contributed by atoms with Crippen LogP contribution in [-0.2, 0) is 11.3 Å². The largest absolute Gasteiger partial charge is 0.378 e. The number of thiophene rings is 1. The minimum Gasteiger partial charge on any atom is -0.378 e. The van der Waals surface area contributed by atoms with Gasteiger partial charge in [0, 0.05) is 34.4 Å². The Kier molecular flexibility index (Phi) is 4.15. The zero-order chi connectivity index (χ0) is 13.3. The third-order valence-electron chi connectivity index (χ3n) is 4.23. The van der Waals surface area contributed by atoms with Crippen LogP contribution in [0.4, 0.5) is 0 Å². The molecule has 2 rings (SSSR count). The molecular weight excluding hydrogens is 242 g/mol. The van der Waals surface area contributed by atoms with E-state index in [1.54, 1.807) is 0 Å². The molecule has 2 atom stereocenters. The Morgan fingerprint density at radius 1 is 1.44 bits per heavy atom. The number of aryl methyl sites for hydroxylation is 2. The van der Waals surface area contributed by atoms with Gasteiger partial charge in [-0.1, -0.05) is 13.8 Å². The Hall–Kier alpha value is -0.380. The molecule has 0 aromatic carbocycles. The summed E-state index contributed by atoms with van der Waals surface area (Å²) in [4.78, 5) is 2.85. The van der Waals surface area contributed by atoms with Gasteiger partial charge in [0.25, 0.3) is 0 Å². The smallest absolute Gasteiger partial charge is 0.0655 e. The van der Waals surface area contributed by atoms with Crippen molar-refractivity contribution in [1.29, 1.82) is 0 Å². The molecule has 0 radical (unpaired) electrons. The second-order valence-corrected chi connectivity index (χ2v) is 7.33. The van der Waals surface area contributed by atoms with E-state index in [1.165, 1.54) is 15.3 Å². The molecule has 0 amide bonds. The van der Waals surface area contributed by atoms with Gasteiger partial charge in [-0.3, -0.25) is 0 Å². The summed E-state index contributed by atoms with van der Waals surface area (Å²) in [5, 5.41) is 3.69. The maximum Gasteiger partial charge on any atom is 0.0655 e. The SMILES string of the molecule is CCOC1CC(NCc2cc(C)sc2C)C1(C)C. The number of nitrogens with one attached hydrogen (secondary N) is 1. The van der Waals surface area contributed by atoms with Crippen LogP contribution in [0.25, 0.3) is 0 Å². The van der Waals surface area contributed by atoms with E-state index in [9.17, 15) is 0 Å². The fourth-order valence-electron chi connectivity index (χ4n) is 2.81. The monoisotopic (exact) mass is 267 g/mol. The van der Waals surface area contributed by atoms with Gasteiger partial charge >= 0.3 is 0 Å². The number of hydrogen-bond donors (Lipinski definition) is 1. The van der Waals surface area contributed by atoms with E-state index in [-0.39, 0.29) is 5.41 Å². The van der Waals surface area contributed by atoms with Crippen LogP contribution >= 0.6 is 11.3 Å². The van der Waals surface area contributed by atoms with Crippen LogP contribution in [0.2, 0.25) is 0 Å². The summed E-state index contributed by atoms with van der Waals surface area (Å²) in [6.07, 6.45) is 1.56. The lowest BCUT2D eigenvalue weighted by molar-refractivity contribution is -0.114. The van der Waals surface area contributed by atoms with Crippen molar-refractivity contribution in [3.8, 4) is 0 Å². The summed E-state index contributed by atoms with van der Waals surface area (Å²) in [6.45, 7) is 12.9. The summed E-state index contributed by atoms with van der Waals surface area (Å²) in [5.74, 6) is 0. The topological polar surface area (TPSA) is 21.3 Å². The lowest BCUT2D eigenvalue weighted by Crippen LogP contribution is -2.60. The average Bonchev–Trinajstić information content (AvgIpc) is 2.61. The summed E-state index contributed by atoms with van der Waals surface area (Å²) >= 11 is 1.89. The summed E-state index contributed by atoms with van der Waals surface area (Å²) in [5.41, 5.74) is 1.71. The fourth-order valence-corrected chi connectivity index (χ4v) is 3.75. The van der Waals surface area contributed by atoms with Gasteiger partial charge in [-0.25, -0.2) is 0 Å². The van der Waals surface area contributed by atoms with Crippen LogP contribution in [-0.4, -0.2) is 18.8 Å². The lowest BCUT2D eigenvalue weighted by atomic mass is 9.64. The fraction of sp³-hybridized carbons (Fsp3) is 0.733. The van der Waals surface area contributed by atoms with E-state index >= 15 is 0 Å². The van der Waals surface area contributed by atoms with Crippen molar-refractivity contribution in [2.75, 3.05) is 6.61 Å². The molecule has 1 aliphatic carbocycles. The van der Waals surface area contributed by atoms with E-state index in [4.69, 9.17) is 4.74 Å². The first-order valence-corrected chi connectivity index (χ1v) is 7.67. The molecule has 2 unspecified atom stereocenters. The Labute approximate surface area is 115 Å². The predicted molar refractivity (Wildman–Crippen MR) is 78.2 cm³/mol. The highest BCUT2D eigenvalue weighted by atomic mass is 32.1. The molecular formula is C15H25NOS. The van der Waals surface area contributed by atoms with Crippen molar-refractivity contribution in [3.63, 3.8) is 0 Å². The maximum atomic E-state index is 5.77. The standard InChI is InChI=1S/C15H25NOS/c1-6-17-14-8-13(15(14,4)5)16-9-12-7-10(2)18-11(12)3/h7,13-14,16H,6,8-9H2,1-5H3. The van der Waals surface area contributed by atoms with Crippen molar-refractivity contribution in [1.82, 2.24) is 5.32 Å². The summed E-state index contributed by atoms with van der Waals surface area (Å²) in [6, 6.07) is 2.88. The quantitative estimate of drug-likeness (QED) is 0.879. The number of rotatable bonds is 5. The van der Waals surface area contributed by atoms with Crippen molar-refractivity contribution < 1.29 is 4.74 Å². The molecule has 18 heavy (non-hydrogen) atoms. The average molecular weight is 267 g/mol. The Bertz CT molecular complexity index is 411. The molecule has 0 saturated heterocycles. The van der Waals surface area contributed by atoms with E-state index in [2.05, 4.69) is 46.0 Å². The third-order valence-corrected chi connectivity index (χ3v) is 5.24. The molecule has 1 aromatic rings. The Morgan fingerprint density at radius 2 is 2.17 bits per heavy atom. The van der Waals surface area contributed by atoms with E-state index in [0.717, 1.165) is 19.6 Å². The first-order valence-electron chi connectivity index (χ1n) is 6.86. The molecule has 1 fully saturated rings. The molecule has 1 saturated carbocycles. The van der Waals surface area contributed by atoms with Gasteiger partial charge in [0.15, 0.2) is 0 Å². The normalized spacial score (nSPS) is 26.1. The van der Waals surface area contributed by atoms with Crippen molar-refractivity contribution >= 4 is 11.3 Å². The van der Waals surface area contributed by atoms with Crippen LogP contribution in [0.15, 0.2) is 6.07 Å². The van der Waals surface area contributed by atoms with E-state index < -0.39 is 0 Å². The zero-order valence-corrected chi connectivity index (χ0v) is 13.0. The molecule has 0 bridgehead atoms. The third kappa shape index (κ3) is 2.63. The van der Waals surface area contributed by atoms with Crippen molar-refractivity contribution in [2.45, 2.75) is 59.7 Å². The second-order valence-electron chi connectivity index (χ2n) is 5.87. The molecule has 0 aliphatic heterocycles. The Balaban J connectivity index is 1.87. The molecule has 1 aliphatic rings. The molecule has 2 nitrogen and oxygen atoms in total. The van der Waals surface area contributed by atoms with Gasteiger partial charge < -0.3 is 10.1 Å². The van der Waals surface area contributed by atoms with Gasteiger partial charge in [-0.15, -0.1) is 11.3 Å². The van der Waals surface area contributed by atoms with Crippen LogP contribution in [0, 0.1) is 19.3 Å². The minimum absolute atomic E-state index is 0.259. The first kappa shape index (κ1) is 14.0. The first-order chi connectivity index (χ1) is 8.45. The number of ether oxygens (including phenoxy) is 1. The number of hydrogen-bond acceptors (Lipinski definition) is 3. The van der Waals surface area contributed by atoms with Gasteiger partial charge in [0.05, 0.1) is 6.10 Å². The highest BCUT2D eigenvalue weighted by molar-refractivity contribution is 7.12. The lowest BCUT2D eigenvalue weighted by Gasteiger charge is -2.52. The van der Waals surface area contributed by atoms with Gasteiger partial charge in [0.2, 0.25) is 0 Å². The second kappa shape index (κ2) is 5.32. The molecule has 1 aromatic heterocycles. The highest BCUT2D eigenvalue weighted by Gasteiger charge is 2.48. The van der Waals surface area contributed by atoms with E-state index in [0.29, 0.717) is 12.1 Å². The molecule has 1 heterocycles. The van der Waals surface area contributed by atoms with Crippen LogP contribution in [0.5, 0.6) is 0 Å².